The van der Waals surface area contributed by atoms with Gasteiger partial charge in [0.2, 0.25) is 5.90 Å². The fourth-order valence-electron chi connectivity index (χ4n) is 3.19. The van der Waals surface area contributed by atoms with E-state index in [9.17, 15) is 14.9 Å². The van der Waals surface area contributed by atoms with E-state index in [1.54, 1.807) is 18.2 Å². The Labute approximate surface area is 216 Å². The Morgan fingerprint density at radius 2 is 1.79 bits per heavy atom. The molecule has 0 radical (unpaired) electrons. The van der Waals surface area contributed by atoms with Crippen molar-refractivity contribution in [2.45, 2.75) is 6.42 Å². The van der Waals surface area contributed by atoms with E-state index in [-0.39, 0.29) is 27.9 Å². The highest BCUT2D eigenvalue weighted by molar-refractivity contribution is 9.11. The van der Waals surface area contributed by atoms with E-state index in [2.05, 4.69) is 36.9 Å². The predicted octanol–water partition coefficient (Wildman–Crippen LogP) is 6.74. The first-order valence-corrected chi connectivity index (χ1v) is 11.9. The second-order valence-corrected chi connectivity index (χ2v) is 9.27. The fourth-order valence-corrected chi connectivity index (χ4v) is 4.84. The second kappa shape index (κ2) is 10.5. The summed E-state index contributed by atoms with van der Waals surface area (Å²) in [6.07, 6.45) is 2.30. The number of non-ortho nitro benzene ring substituents is 1. The van der Waals surface area contributed by atoms with Crippen molar-refractivity contribution < 1.29 is 19.2 Å². The van der Waals surface area contributed by atoms with E-state index in [1.807, 2.05) is 30.3 Å². The molecule has 0 N–H and O–H groups in total. The van der Waals surface area contributed by atoms with Crippen molar-refractivity contribution in [1.82, 2.24) is 0 Å². The number of carbonyl (C=O) groups excluding carboxylic acids is 1. The van der Waals surface area contributed by atoms with Crippen LogP contribution in [0.5, 0.6) is 5.75 Å². The Morgan fingerprint density at radius 1 is 1.09 bits per heavy atom. The number of ether oxygens (including phenoxy) is 2. The van der Waals surface area contributed by atoms with Crippen LogP contribution in [-0.2, 0) is 16.0 Å². The monoisotopic (exact) mass is 604 g/mol. The molecule has 1 heterocycles. The molecule has 0 atom stereocenters. The second-order valence-electron chi connectivity index (χ2n) is 7.16. The maximum Gasteiger partial charge on any atom is 0.363 e. The third-order valence-electron chi connectivity index (χ3n) is 4.82. The number of carbonyl (C=O) groups is 1. The van der Waals surface area contributed by atoms with Gasteiger partial charge in [0.1, 0.15) is 5.75 Å². The highest BCUT2D eigenvalue weighted by atomic mass is 79.9. The molecule has 3 aromatic carbocycles. The van der Waals surface area contributed by atoms with Crippen molar-refractivity contribution in [2.24, 2.45) is 4.99 Å². The van der Waals surface area contributed by atoms with Crippen molar-refractivity contribution in [3.8, 4) is 5.75 Å². The molecule has 0 spiro atoms. The molecule has 1 aliphatic rings. The van der Waals surface area contributed by atoms with Crippen LogP contribution in [0.3, 0.4) is 0 Å². The third-order valence-corrected chi connectivity index (χ3v) is 6.32. The smallest absolute Gasteiger partial charge is 0.363 e. The Balaban J connectivity index is 1.54. The van der Waals surface area contributed by atoms with Crippen molar-refractivity contribution in [3.05, 3.63) is 107 Å². The van der Waals surface area contributed by atoms with E-state index in [0.717, 1.165) is 6.42 Å². The van der Waals surface area contributed by atoms with Gasteiger partial charge in [-0.2, -0.15) is 0 Å². The van der Waals surface area contributed by atoms with Gasteiger partial charge in [-0.25, -0.2) is 9.79 Å². The summed E-state index contributed by atoms with van der Waals surface area (Å²) < 4.78 is 12.5. The lowest BCUT2D eigenvalue weighted by molar-refractivity contribution is -0.384. The number of nitrogens with zero attached hydrogens (tertiary/aromatic N) is 2. The predicted molar refractivity (Wildman–Crippen MR) is 136 cm³/mol. The van der Waals surface area contributed by atoms with Crippen LogP contribution in [0.4, 0.5) is 5.69 Å². The molecule has 1 aliphatic heterocycles. The molecular weight excluding hydrogens is 592 g/mol. The number of cyclic esters (lactones) is 1. The number of benzene rings is 3. The van der Waals surface area contributed by atoms with E-state index < -0.39 is 10.9 Å². The number of nitro benzene ring substituents is 1. The molecule has 0 fully saturated rings. The van der Waals surface area contributed by atoms with Crippen LogP contribution in [0.2, 0.25) is 5.02 Å². The SMILES string of the molecule is O=C1OC(c2cc([N+](=O)[O-])ccc2Cl)=N/C1=C\c1cc(Br)c(OCCc2ccccc2)c(Br)c1. The van der Waals surface area contributed by atoms with Gasteiger partial charge in [0.25, 0.3) is 5.69 Å². The summed E-state index contributed by atoms with van der Waals surface area (Å²) in [5.41, 5.74) is 1.85. The summed E-state index contributed by atoms with van der Waals surface area (Å²) in [4.78, 5) is 27.1. The first kappa shape index (κ1) is 24.1. The van der Waals surface area contributed by atoms with Crippen molar-refractivity contribution in [2.75, 3.05) is 6.61 Å². The molecule has 3 aromatic rings. The zero-order valence-corrected chi connectivity index (χ0v) is 21.3. The highest BCUT2D eigenvalue weighted by Gasteiger charge is 2.27. The summed E-state index contributed by atoms with van der Waals surface area (Å²) >= 11 is 13.2. The molecule has 0 saturated carbocycles. The van der Waals surface area contributed by atoms with Gasteiger partial charge in [-0.3, -0.25) is 10.1 Å². The number of halogens is 3. The number of esters is 1. The number of aliphatic imine (C=N–C) groups is 1. The molecule has 0 saturated heterocycles. The molecule has 10 heteroatoms. The van der Waals surface area contributed by atoms with Crippen LogP contribution >= 0.6 is 43.5 Å². The van der Waals surface area contributed by atoms with Gasteiger partial charge in [-0.15, -0.1) is 0 Å². The van der Waals surface area contributed by atoms with Crippen LogP contribution in [0.1, 0.15) is 16.7 Å². The molecule has 34 heavy (non-hydrogen) atoms. The van der Waals surface area contributed by atoms with E-state index in [4.69, 9.17) is 21.1 Å². The Bertz CT molecular complexity index is 1320. The lowest BCUT2D eigenvalue weighted by Crippen LogP contribution is -2.06. The van der Waals surface area contributed by atoms with Crippen LogP contribution < -0.4 is 4.74 Å². The van der Waals surface area contributed by atoms with Gasteiger partial charge in [-0.1, -0.05) is 41.9 Å². The Kier molecular flexibility index (Phi) is 7.45. The summed E-state index contributed by atoms with van der Waals surface area (Å²) in [5, 5.41) is 11.2. The Morgan fingerprint density at radius 3 is 2.47 bits per heavy atom. The molecule has 7 nitrogen and oxygen atoms in total. The molecule has 0 bridgehead atoms. The number of rotatable bonds is 7. The maximum absolute atomic E-state index is 12.4. The zero-order valence-electron chi connectivity index (χ0n) is 17.3. The number of hydrogen-bond donors (Lipinski definition) is 0. The van der Waals surface area contributed by atoms with Crippen LogP contribution in [0.15, 0.2) is 80.3 Å². The maximum atomic E-state index is 12.4. The molecule has 0 amide bonds. The van der Waals surface area contributed by atoms with Gasteiger partial charge in [0.05, 0.1) is 31.1 Å². The third kappa shape index (κ3) is 5.55. The molecule has 0 unspecified atom stereocenters. The summed E-state index contributed by atoms with van der Waals surface area (Å²) in [5.74, 6) is -0.142. The fraction of sp³-hybridized carbons (Fsp3) is 0.0833. The summed E-state index contributed by atoms with van der Waals surface area (Å²) in [7, 11) is 0. The average molecular weight is 607 g/mol. The van der Waals surface area contributed by atoms with Crippen molar-refractivity contribution in [1.29, 1.82) is 0 Å². The van der Waals surface area contributed by atoms with Gasteiger partial charge in [0.15, 0.2) is 5.70 Å². The summed E-state index contributed by atoms with van der Waals surface area (Å²) in [6, 6.07) is 17.4. The molecule has 0 aromatic heterocycles. The highest BCUT2D eigenvalue weighted by Crippen LogP contribution is 2.36. The van der Waals surface area contributed by atoms with Gasteiger partial charge in [-0.05, 0) is 67.3 Å². The van der Waals surface area contributed by atoms with E-state index in [1.165, 1.54) is 23.8 Å². The first-order chi connectivity index (χ1) is 16.3. The first-order valence-electron chi connectivity index (χ1n) is 9.94. The lowest BCUT2D eigenvalue weighted by atomic mass is 10.1. The van der Waals surface area contributed by atoms with Gasteiger partial charge < -0.3 is 9.47 Å². The minimum atomic E-state index is -0.687. The zero-order chi connectivity index (χ0) is 24.2. The molecule has 0 aliphatic carbocycles. The van der Waals surface area contributed by atoms with Crippen LogP contribution in [-0.4, -0.2) is 23.4 Å². The minimum Gasteiger partial charge on any atom is -0.491 e. The normalized spacial score (nSPS) is 14.1. The van der Waals surface area contributed by atoms with Crippen LogP contribution in [0, 0.1) is 10.1 Å². The minimum absolute atomic E-state index is 0.0362. The number of nitro groups is 1. The quantitative estimate of drug-likeness (QED) is 0.129. The average Bonchev–Trinajstić information content (AvgIpc) is 3.16. The van der Waals surface area contributed by atoms with Gasteiger partial charge >= 0.3 is 5.97 Å². The number of hydrogen-bond acceptors (Lipinski definition) is 6. The largest absolute Gasteiger partial charge is 0.491 e. The lowest BCUT2D eigenvalue weighted by Gasteiger charge is -2.11. The molecular formula is C24H15Br2ClN2O5. The van der Waals surface area contributed by atoms with Crippen LogP contribution in [0.25, 0.3) is 6.08 Å². The van der Waals surface area contributed by atoms with Gasteiger partial charge in [0, 0.05) is 18.6 Å². The summed E-state index contributed by atoms with van der Waals surface area (Å²) in [6.45, 7) is 0.492. The van der Waals surface area contributed by atoms with E-state index >= 15 is 0 Å². The van der Waals surface area contributed by atoms with E-state index in [0.29, 0.717) is 26.9 Å². The topological polar surface area (TPSA) is 91.0 Å². The molecule has 172 valence electrons. The molecule has 4 rings (SSSR count). The Hall–Kier alpha value is -3.01. The van der Waals surface area contributed by atoms with Crippen molar-refractivity contribution in [3.63, 3.8) is 0 Å². The van der Waals surface area contributed by atoms with Crippen molar-refractivity contribution >= 4 is 67.1 Å². The standard InChI is InChI=1S/C24H15Br2ClN2O5/c25-18-10-15(11-19(26)22(18)33-9-8-14-4-2-1-3-5-14)12-21-24(30)34-23(28-21)17-13-16(29(31)32)6-7-20(17)27/h1-7,10-13H,8-9H2/b21-12-.